The summed E-state index contributed by atoms with van der Waals surface area (Å²) in [4.78, 5) is 23.3. The van der Waals surface area contributed by atoms with Gasteiger partial charge in [0.25, 0.3) is 0 Å². The number of terminal acetylenes is 1. The van der Waals surface area contributed by atoms with Crippen LogP contribution in [-0.2, 0) is 12.1 Å². The van der Waals surface area contributed by atoms with E-state index >= 15 is 0 Å². The highest BCUT2D eigenvalue weighted by Gasteiger charge is 2.46. The van der Waals surface area contributed by atoms with Gasteiger partial charge in [0, 0.05) is 12.4 Å². The van der Waals surface area contributed by atoms with E-state index in [1.165, 1.54) is 17.0 Å². The molecule has 1 aliphatic rings. The van der Waals surface area contributed by atoms with Crippen LogP contribution in [0.3, 0.4) is 0 Å². The van der Waals surface area contributed by atoms with Crippen molar-refractivity contribution in [3.63, 3.8) is 0 Å². The van der Waals surface area contributed by atoms with E-state index in [9.17, 15) is 9.59 Å². The van der Waals surface area contributed by atoms with Crippen molar-refractivity contribution in [2.45, 2.75) is 24.9 Å². The molecule has 0 spiro atoms. The van der Waals surface area contributed by atoms with Crippen molar-refractivity contribution in [3.8, 4) is 18.4 Å². The van der Waals surface area contributed by atoms with Gasteiger partial charge < -0.3 is 0 Å². The molecular weight excluding hydrogens is 206 g/mol. The van der Waals surface area contributed by atoms with Gasteiger partial charge in [0.15, 0.2) is 0 Å². The molecule has 0 N–H and O–H groups in total. The van der Waals surface area contributed by atoms with Crippen molar-refractivity contribution >= 4 is 0 Å². The van der Waals surface area contributed by atoms with E-state index in [1.54, 1.807) is 0 Å². The minimum Gasteiger partial charge on any atom is -0.298 e. The maximum Gasteiger partial charge on any atom is 0.317 e. The number of rotatable bonds is 2. The van der Waals surface area contributed by atoms with Crippen molar-refractivity contribution in [1.82, 2.24) is 9.13 Å². The van der Waals surface area contributed by atoms with Crippen LogP contribution in [0, 0.1) is 23.7 Å². The van der Waals surface area contributed by atoms with Crippen molar-refractivity contribution < 1.29 is 0 Å². The smallest absolute Gasteiger partial charge is 0.298 e. The molecule has 1 heterocycles. The van der Waals surface area contributed by atoms with Crippen LogP contribution < -0.4 is 11.1 Å². The third-order valence-corrected chi connectivity index (χ3v) is 2.71. The summed E-state index contributed by atoms with van der Waals surface area (Å²) in [6, 6.07) is 2.06. The van der Waals surface area contributed by atoms with Gasteiger partial charge in [-0.2, -0.15) is 5.26 Å². The summed E-state index contributed by atoms with van der Waals surface area (Å²) in [6.07, 6.45) is 9.20. The number of hydrogen-bond donors (Lipinski definition) is 0. The lowest BCUT2D eigenvalue weighted by molar-refractivity contribution is 0.559. The SMILES string of the molecule is C#CCn1ccn(C2(C#N)CC2)c(=O)c1=O. The Morgan fingerprint density at radius 3 is 2.56 bits per heavy atom. The summed E-state index contributed by atoms with van der Waals surface area (Å²) >= 11 is 0. The Morgan fingerprint density at radius 2 is 2.06 bits per heavy atom. The first-order valence-electron chi connectivity index (χ1n) is 4.82. The minimum absolute atomic E-state index is 0.0640. The molecule has 80 valence electrons. The summed E-state index contributed by atoms with van der Waals surface area (Å²) in [6.45, 7) is 0.0640. The molecule has 1 saturated carbocycles. The quantitative estimate of drug-likeness (QED) is 0.500. The molecular formula is C11H9N3O2. The normalized spacial score (nSPS) is 16.1. The summed E-state index contributed by atoms with van der Waals surface area (Å²) in [7, 11) is 0. The van der Waals surface area contributed by atoms with Crippen LogP contribution >= 0.6 is 0 Å². The van der Waals surface area contributed by atoms with Gasteiger partial charge in [0.1, 0.15) is 5.54 Å². The van der Waals surface area contributed by atoms with Gasteiger partial charge in [-0.1, -0.05) is 5.92 Å². The topological polar surface area (TPSA) is 67.8 Å². The Bertz CT molecular complexity index is 620. The summed E-state index contributed by atoms with van der Waals surface area (Å²) in [5.74, 6) is 2.29. The van der Waals surface area contributed by atoms with Gasteiger partial charge in [-0.3, -0.25) is 18.7 Å². The van der Waals surface area contributed by atoms with Gasteiger partial charge >= 0.3 is 11.1 Å². The van der Waals surface area contributed by atoms with Crippen LogP contribution in [0.2, 0.25) is 0 Å². The third kappa shape index (κ3) is 1.34. The molecule has 1 aromatic rings. The largest absolute Gasteiger partial charge is 0.317 e. The molecule has 0 aliphatic heterocycles. The third-order valence-electron chi connectivity index (χ3n) is 2.71. The number of aromatic nitrogens is 2. The van der Waals surface area contributed by atoms with Crippen LogP contribution in [0.4, 0.5) is 0 Å². The zero-order chi connectivity index (χ0) is 11.8. The van der Waals surface area contributed by atoms with Crippen molar-refractivity contribution in [1.29, 1.82) is 5.26 Å². The number of hydrogen-bond acceptors (Lipinski definition) is 3. The van der Waals surface area contributed by atoms with Crippen LogP contribution in [0.25, 0.3) is 0 Å². The molecule has 5 nitrogen and oxygen atoms in total. The predicted molar refractivity (Wildman–Crippen MR) is 56.6 cm³/mol. The second-order valence-corrected chi connectivity index (χ2v) is 3.75. The molecule has 0 radical (unpaired) electrons. The van der Waals surface area contributed by atoms with E-state index in [-0.39, 0.29) is 6.54 Å². The zero-order valence-electron chi connectivity index (χ0n) is 8.51. The van der Waals surface area contributed by atoms with Gasteiger partial charge in [0.2, 0.25) is 0 Å². The van der Waals surface area contributed by atoms with Crippen molar-refractivity contribution in [2.75, 3.05) is 0 Å². The lowest BCUT2D eigenvalue weighted by Gasteiger charge is -2.10. The Balaban J connectivity index is 2.59. The zero-order valence-corrected chi connectivity index (χ0v) is 8.51. The van der Waals surface area contributed by atoms with Gasteiger partial charge in [0.05, 0.1) is 12.6 Å². The van der Waals surface area contributed by atoms with Gasteiger partial charge in [-0.25, -0.2) is 0 Å². The number of nitriles is 1. The van der Waals surface area contributed by atoms with E-state index in [4.69, 9.17) is 11.7 Å². The first-order chi connectivity index (χ1) is 7.64. The van der Waals surface area contributed by atoms with Crippen molar-refractivity contribution in [3.05, 3.63) is 33.1 Å². The average Bonchev–Trinajstić information content (AvgIpc) is 3.06. The Hall–Kier alpha value is -2.27. The van der Waals surface area contributed by atoms with E-state index < -0.39 is 16.7 Å². The Labute approximate surface area is 91.6 Å². The van der Waals surface area contributed by atoms with Crippen LogP contribution in [0.5, 0.6) is 0 Å². The van der Waals surface area contributed by atoms with Crippen LogP contribution in [0.1, 0.15) is 12.8 Å². The first-order valence-corrected chi connectivity index (χ1v) is 4.82. The second kappa shape index (κ2) is 3.39. The molecule has 16 heavy (non-hydrogen) atoms. The monoisotopic (exact) mass is 215 g/mol. The van der Waals surface area contributed by atoms with Gasteiger partial charge in [-0.05, 0) is 12.8 Å². The Kier molecular flexibility index (Phi) is 2.17. The molecule has 0 unspecified atom stereocenters. The molecule has 0 bridgehead atoms. The highest BCUT2D eigenvalue weighted by molar-refractivity contribution is 5.17. The lowest BCUT2D eigenvalue weighted by Crippen LogP contribution is -2.43. The molecule has 2 rings (SSSR count). The summed E-state index contributed by atoms with van der Waals surface area (Å²) in [5.41, 5.74) is -2.16. The lowest BCUT2D eigenvalue weighted by atomic mass is 10.3. The van der Waals surface area contributed by atoms with E-state index in [1.807, 2.05) is 0 Å². The van der Waals surface area contributed by atoms with Crippen LogP contribution in [-0.4, -0.2) is 9.13 Å². The molecule has 1 fully saturated rings. The highest BCUT2D eigenvalue weighted by atomic mass is 16.2. The minimum atomic E-state index is -0.800. The standard InChI is InChI=1S/C11H9N3O2/c1-2-5-13-6-7-14(10(16)9(13)15)11(8-12)3-4-11/h1,6-7H,3-5H2. The maximum atomic E-state index is 11.7. The molecule has 0 atom stereocenters. The van der Waals surface area contributed by atoms with E-state index in [0.717, 1.165) is 4.57 Å². The predicted octanol–water partition coefficient (Wildman–Crippen LogP) is -0.344. The fourth-order valence-electron chi connectivity index (χ4n) is 1.59. The van der Waals surface area contributed by atoms with E-state index in [0.29, 0.717) is 12.8 Å². The fourth-order valence-corrected chi connectivity index (χ4v) is 1.59. The van der Waals surface area contributed by atoms with E-state index in [2.05, 4.69) is 12.0 Å². The number of nitrogens with zero attached hydrogens (tertiary/aromatic N) is 3. The maximum absolute atomic E-state index is 11.7. The molecule has 1 aliphatic carbocycles. The summed E-state index contributed by atoms with van der Waals surface area (Å²) < 4.78 is 2.37. The first kappa shape index (κ1) is 10.3. The molecule has 1 aromatic heterocycles. The average molecular weight is 215 g/mol. The highest BCUT2D eigenvalue weighted by Crippen LogP contribution is 2.41. The molecule has 0 aromatic carbocycles. The van der Waals surface area contributed by atoms with Crippen LogP contribution in [0.15, 0.2) is 22.0 Å². The van der Waals surface area contributed by atoms with Gasteiger partial charge in [-0.15, -0.1) is 6.42 Å². The molecule has 5 heteroatoms. The Morgan fingerprint density at radius 1 is 1.38 bits per heavy atom. The molecule has 0 amide bonds. The second-order valence-electron chi connectivity index (χ2n) is 3.75. The van der Waals surface area contributed by atoms with Crippen molar-refractivity contribution in [2.24, 2.45) is 0 Å². The molecule has 0 saturated heterocycles. The fraction of sp³-hybridized carbons (Fsp3) is 0.364. The summed E-state index contributed by atoms with van der Waals surface area (Å²) in [5, 5.41) is 8.95.